The summed E-state index contributed by atoms with van der Waals surface area (Å²) >= 11 is 0. The normalized spacial score (nSPS) is 11.2. The molecule has 0 unspecified atom stereocenters. The Morgan fingerprint density at radius 2 is 1.84 bits per heavy atom. The topological polar surface area (TPSA) is 152 Å². The first kappa shape index (κ1) is 23.5. The molecule has 0 amide bonds. The molecule has 10 nitrogen and oxygen atoms in total. The Morgan fingerprint density at radius 3 is 2.35 bits per heavy atom. The third-order valence-corrected chi connectivity index (χ3v) is 5.24. The summed E-state index contributed by atoms with van der Waals surface area (Å²) in [5.74, 6) is -3.04. The van der Waals surface area contributed by atoms with Gasteiger partial charge < -0.3 is 19.9 Å². The van der Waals surface area contributed by atoms with Crippen LogP contribution in [0.5, 0.6) is 0 Å². The minimum absolute atomic E-state index is 0.0227. The van der Waals surface area contributed by atoms with Gasteiger partial charge in [0.25, 0.3) is 10.0 Å². The Labute approximate surface area is 176 Å². The lowest BCUT2D eigenvalue weighted by Crippen LogP contribution is -2.13. The summed E-state index contributed by atoms with van der Waals surface area (Å²) in [7, 11) is -2.21. The van der Waals surface area contributed by atoms with E-state index in [0.29, 0.717) is 24.4 Å². The first-order chi connectivity index (χ1) is 14.7. The van der Waals surface area contributed by atoms with Crippen molar-refractivity contribution in [3.63, 3.8) is 0 Å². The zero-order valence-corrected chi connectivity index (χ0v) is 16.9. The lowest BCUT2D eigenvalue weighted by Gasteiger charge is -2.08. The number of carboxylic acids is 2. The number of aliphatic carboxylic acids is 2. The molecule has 0 aliphatic heterocycles. The minimum Gasteiger partial charge on any atom is -0.478 e. The molecular formula is C19H18FN3O7S. The molecule has 3 aromatic rings. The smallest absolute Gasteiger partial charge is 0.328 e. The van der Waals surface area contributed by atoms with Crippen LogP contribution >= 0.6 is 0 Å². The number of rotatable bonds is 7. The molecule has 0 saturated heterocycles. The number of benzene rings is 1. The van der Waals surface area contributed by atoms with Gasteiger partial charge in [0.05, 0.1) is 17.5 Å². The average molecular weight is 451 g/mol. The van der Waals surface area contributed by atoms with Crippen LogP contribution in [0.3, 0.4) is 0 Å². The van der Waals surface area contributed by atoms with E-state index in [1.165, 1.54) is 36.7 Å². The number of aromatic nitrogens is 2. The molecule has 31 heavy (non-hydrogen) atoms. The Hall–Kier alpha value is -3.77. The van der Waals surface area contributed by atoms with E-state index in [2.05, 4.69) is 10.3 Å². The van der Waals surface area contributed by atoms with E-state index in [1.807, 2.05) is 0 Å². The quantitative estimate of drug-likeness (QED) is 0.458. The molecule has 1 aromatic carbocycles. The molecular weight excluding hydrogens is 433 g/mol. The van der Waals surface area contributed by atoms with Crippen molar-refractivity contribution in [2.75, 3.05) is 7.05 Å². The van der Waals surface area contributed by atoms with Crippen molar-refractivity contribution in [3.8, 4) is 11.4 Å². The first-order valence-corrected chi connectivity index (χ1v) is 10.00. The van der Waals surface area contributed by atoms with Crippen molar-refractivity contribution in [1.82, 2.24) is 14.3 Å². The maximum Gasteiger partial charge on any atom is 0.328 e. The molecule has 0 radical (unpaired) electrons. The molecule has 0 bridgehead atoms. The molecule has 12 heteroatoms. The number of nitrogens with zero attached hydrogens (tertiary/aromatic N) is 2. The highest BCUT2D eigenvalue weighted by Crippen LogP contribution is 2.26. The van der Waals surface area contributed by atoms with Crippen molar-refractivity contribution < 1.29 is 37.0 Å². The van der Waals surface area contributed by atoms with E-state index in [4.69, 9.17) is 14.6 Å². The predicted octanol–water partition coefficient (Wildman–Crippen LogP) is 1.95. The van der Waals surface area contributed by atoms with Gasteiger partial charge in [-0.15, -0.1) is 0 Å². The lowest BCUT2D eigenvalue weighted by atomic mass is 10.2. The zero-order valence-electron chi connectivity index (χ0n) is 16.1. The summed E-state index contributed by atoms with van der Waals surface area (Å²) in [5, 5.41) is 18.5. The maximum atomic E-state index is 14.1. The summed E-state index contributed by atoms with van der Waals surface area (Å²) in [4.78, 5) is 23.3. The largest absolute Gasteiger partial charge is 0.478 e. The molecule has 3 rings (SSSR count). The van der Waals surface area contributed by atoms with Crippen LogP contribution in [0, 0.1) is 5.82 Å². The van der Waals surface area contributed by atoms with Crippen LogP contribution in [0.1, 0.15) is 5.69 Å². The van der Waals surface area contributed by atoms with Gasteiger partial charge in [-0.2, -0.15) is 0 Å². The lowest BCUT2D eigenvalue weighted by molar-refractivity contribution is -0.134. The second-order valence-electron chi connectivity index (χ2n) is 5.84. The SMILES string of the molecule is CNCc1cn(S(=O)(=O)c2ccoc2)c(-c2ccccc2F)n1.O=C(O)C=CC(=O)O. The number of hydrogen-bond acceptors (Lipinski definition) is 7. The van der Waals surface area contributed by atoms with Gasteiger partial charge in [0.15, 0.2) is 5.82 Å². The van der Waals surface area contributed by atoms with Crippen LogP contribution in [0.15, 0.2) is 70.5 Å². The van der Waals surface area contributed by atoms with Crippen molar-refractivity contribution in [3.05, 3.63) is 72.7 Å². The van der Waals surface area contributed by atoms with E-state index < -0.39 is 27.8 Å². The monoisotopic (exact) mass is 451 g/mol. The molecule has 164 valence electrons. The van der Waals surface area contributed by atoms with Gasteiger partial charge in [0.2, 0.25) is 0 Å². The number of halogens is 1. The van der Waals surface area contributed by atoms with Gasteiger partial charge in [-0.1, -0.05) is 12.1 Å². The van der Waals surface area contributed by atoms with Crippen LogP contribution in [0.4, 0.5) is 4.39 Å². The van der Waals surface area contributed by atoms with Crippen molar-refractivity contribution in [2.24, 2.45) is 0 Å². The Balaban J connectivity index is 0.000000366. The highest BCUT2D eigenvalue weighted by molar-refractivity contribution is 7.90. The fourth-order valence-corrected chi connectivity index (χ4v) is 3.60. The number of carbonyl (C=O) groups is 2. The van der Waals surface area contributed by atoms with E-state index in [0.717, 1.165) is 10.2 Å². The molecule has 2 aromatic heterocycles. The number of furan rings is 1. The molecule has 0 saturated carbocycles. The number of hydrogen-bond donors (Lipinski definition) is 3. The van der Waals surface area contributed by atoms with Gasteiger partial charge in [-0.3, -0.25) is 0 Å². The summed E-state index contributed by atoms with van der Waals surface area (Å²) in [6.45, 7) is 0.357. The number of imidazole rings is 1. The molecule has 2 heterocycles. The van der Waals surface area contributed by atoms with Gasteiger partial charge >= 0.3 is 11.9 Å². The highest BCUT2D eigenvalue weighted by Gasteiger charge is 2.25. The van der Waals surface area contributed by atoms with Gasteiger partial charge in [-0.25, -0.2) is 31.4 Å². The standard InChI is InChI=1S/C15H14FN3O3S.C4H4O4/c1-17-8-11-9-19(23(20,21)12-6-7-22-10-12)15(18-11)13-4-2-3-5-14(13)16;5-3(6)1-2-4(7)8/h2-7,9-10,17H,8H2,1H3;1-2H,(H,5,6)(H,7,8). The average Bonchev–Trinajstić information content (AvgIpc) is 3.38. The third-order valence-electron chi connectivity index (χ3n) is 3.62. The van der Waals surface area contributed by atoms with Crippen LogP contribution < -0.4 is 5.32 Å². The third kappa shape index (κ3) is 6.10. The molecule has 0 atom stereocenters. The highest BCUT2D eigenvalue weighted by atomic mass is 32.2. The number of nitrogens with one attached hydrogen (secondary N) is 1. The second-order valence-corrected chi connectivity index (χ2v) is 7.65. The molecule has 0 spiro atoms. The molecule has 0 aliphatic rings. The minimum atomic E-state index is -3.92. The van der Waals surface area contributed by atoms with E-state index in [9.17, 15) is 22.4 Å². The van der Waals surface area contributed by atoms with E-state index >= 15 is 0 Å². The van der Waals surface area contributed by atoms with Gasteiger partial charge in [0, 0.05) is 24.9 Å². The van der Waals surface area contributed by atoms with E-state index in [1.54, 1.807) is 13.1 Å². The van der Waals surface area contributed by atoms with E-state index in [-0.39, 0.29) is 16.3 Å². The van der Waals surface area contributed by atoms with Gasteiger partial charge in [-0.05, 0) is 25.2 Å². The summed E-state index contributed by atoms with van der Waals surface area (Å²) < 4.78 is 45.4. The Kier molecular flexibility index (Phi) is 7.82. The van der Waals surface area contributed by atoms with Crippen molar-refractivity contribution in [1.29, 1.82) is 0 Å². The summed E-state index contributed by atoms with van der Waals surface area (Å²) in [5.41, 5.74) is 0.597. The van der Waals surface area contributed by atoms with Crippen LogP contribution in [-0.4, -0.2) is 46.6 Å². The Bertz CT molecular complexity index is 1170. The molecule has 0 aliphatic carbocycles. The second kappa shape index (κ2) is 10.3. The van der Waals surface area contributed by atoms with Crippen molar-refractivity contribution in [2.45, 2.75) is 11.4 Å². The zero-order chi connectivity index (χ0) is 23.0. The maximum absolute atomic E-state index is 14.1. The van der Waals surface area contributed by atoms with Crippen LogP contribution in [0.2, 0.25) is 0 Å². The van der Waals surface area contributed by atoms with Crippen molar-refractivity contribution >= 4 is 22.0 Å². The summed E-state index contributed by atoms with van der Waals surface area (Å²) in [6.07, 6.45) is 4.88. The molecule has 3 N–H and O–H groups in total. The van der Waals surface area contributed by atoms with Gasteiger partial charge in [0.1, 0.15) is 17.0 Å². The van der Waals surface area contributed by atoms with Crippen LogP contribution in [-0.2, 0) is 26.2 Å². The summed E-state index contributed by atoms with van der Waals surface area (Å²) in [6, 6.07) is 7.24. The fourth-order valence-electron chi connectivity index (χ4n) is 2.34. The predicted molar refractivity (Wildman–Crippen MR) is 106 cm³/mol. The van der Waals surface area contributed by atoms with Crippen LogP contribution in [0.25, 0.3) is 11.4 Å². The fraction of sp³-hybridized carbons (Fsp3) is 0.105. The first-order valence-electron chi connectivity index (χ1n) is 8.56. The Morgan fingerprint density at radius 1 is 1.19 bits per heavy atom. The number of carboxylic acid groups (broad SMARTS) is 2. The molecule has 0 fully saturated rings.